The molecular formula is C134H86N4O2. The van der Waals surface area contributed by atoms with Crippen molar-refractivity contribution in [1.29, 1.82) is 0 Å². The third-order valence-electron chi connectivity index (χ3n) is 29.9. The van der Waals surface area contributed by atoms with Crippen molar-refractivity contribution in [1.82, 2.24) is 9.13 Å². The molecule has 4 aromatic heterocycles. The van der Waals surface area contributed by atoms with Gasteiger partial charge in [0, 0.05) is 77.5 Å². The fourth-order valence-corrected chi connectivity index (χ4v) is 23.6. The lowest BCUT2D eigenvalue weighted by molar-refractivity contribution is 0.665. The van der Waals surface area contributed by atoms with Crippen molar-refractivity contribution in [3.8, 4) is 89.3 Å². The van der Waals surface area contributed by atoms with Crippen LogP contribution in [0.2, 0.25) is 0 Å². The Bertz CT molecular complexity index is 9340. The van der Waals surface area contributed by atoms with Gasteiger partial charge in [-0.3, -0.25) is 0 Å². The molecule has 0 N–H and O–H groups in total. The monoisotopic (exact) mass is 1780 g/mol. The van der Waals surface area contributed by atoms with Gasteiger partial charge in [0.1, 0.15) is 22.3 Å². The molecule has 6 heteroatoms. The average Bonchev–Trinajstić information content (AvgIpc) is 1.56. The highest BCUT2D eigenvalue weighted by atomic mass is 16.3. The van der Waals surface area contributed by atoms with Crippen LogP contribution in [0.15, 0.2) is 531 Å². The third-order valence-corrected chi connectivity index (χ3v) is 29.9. The number of nitrogens with zero attached hydrogens (tertiary/aromatic N) is 4. The van der Waals surface area contributed by atoms with Gasteiger partial charge in [0.25, 0.3) is 0 Å². The molecule has 140 heavy (non-hydrogen) atoms. The summed E-state index contributed by atoms with van der Waals surface area (Å²) in [6, 6.07) is 192. The second kappa shape index (κ2) is 32.2. The molecule has 6 nitrogen and oxygen atoms in total. The molecule has 0 saturated heterocycles. The van der Waals surface area contributed by atoms with Crippen molar-refractivity contribution < 1.29 is 8.83 Å². The van der Waals surface area contributed by atoms with Crippen LogP contribution in [0, 0.1) is 0 Å². The zero-order chi connectivity index (χ0) is 92.1. The maximum absolute atomic E-state index is 7.38. The quantitative estimate of drug-likeness (QED) is 0.0911. The predicted molar refractivity (Wildman–Crippen MR) is 581 cm³/mol. The first-order chi connectivity index (χ1) is 69.4. The minimum absolute atomic E-state index is 0.574. The molecule has 1 unspecified atom stereocenters. The third kappa shape index (κ3) is 12.5. The number of para-hydroxylation sites is 2. The van der Waals surface area contributed by atoms with E-state index in [-0.39, 0.29) is 0 Å². The van der Waals surface area contributed by atoms with Crippen molar-refractivity contribution in [2.24, 2.45) is 0 Å². The van der Waals surface area contributed by atoms with Gasteiger partial charge >= 0.3 is 0 Å². The summed E-state index contributed by atoms with van der Waals surface area (Å²) in [5.74, 6) is 0. The van der Waals surface area contributed by atoms with Gasteiger partial charge in [-0.15, -0.1) is 0 Å². The molecule has 2 aliphatic rings. The van der Waals surface area contributed by atoms with Crippen LogP contribution in [0.5, 0.6) is 0 Å². The van der Waals surface area contributed by atoms with E-state index in [0.717, 1.165) is 145 Å². The van der Waals surface area contributed by atoms with E-state index in [9.17, 15) is 0 Å². The first-order valence-electron chi connectivity index (χ1n) is 48.2. The highest BCUT2D eigenvalue weighted by Crippen LogP contribution is 2.61. The van der Waals surface area contributed by atoms with Crippen LogP contribution in [0.25, 0.3) is 177 Å². The lowest BCUT2D eigenvalue weighted by Gasteiger charge is -2.34. The van der Waals surface area contributed by atoms with E-state index < -0.39 is 10.8 Å². The molecule has 0 amide bonds. The van der Waals surface area contributed by atoms with Gasteiger partial charge in [-0.2, -0.15) is 0 Å². The molecule has 0 spiro atoms. The highest BCUT2D eigenvalue weighted by Gasteiger charge is 2.49. The normalized spacial score (nSPS) is 13.5. The molecule has 4 heterocycles. The predicted octanol–water partition coefficient (Wildman–Crippen LogP) is 35.7. The highest BCUT2D eigenvalue weighted by molar-refractivity contribution is 6.18. The number of anilines is 6. The summed E-state index contributed by atoms with van der Waals surface area (Å²) in [4.78, 5) is 4.86. The van der Waals surface area contributed by atoms with Crippen LogP contribution in [0.1, 0.15) is 44.5 Å². The Hall–Kier alpha value is -18.4. The molecule has 1 atom stereocenters. The Morgan fingerprint density at radius 3 is 1.00 bits per heavy atom. The Balaban J connectivity index is 0.550. The van der Waals surface area contributed by atoms with Crippen molar-refractivity contribution in [2.75, 3.05) is 9.80 Å². The zero-order valence-corrected chi connectivity index (χ0v) is 76.3. The molecule has 0 bridgehead atoms. The fraction of sp³-hybridized carbons (Fsp3) is 0.0149. The maximum Gasteiger partial charge on any atom is 0.137 e. The van der Waals surface area contributed by atoms with Gasteiger partial charge in [0.05, 0.1) is 44.0 Å². The lowest BCUT2D eigenvalue weighted by atomic mass is 9.67. The van der Waals surface area contributed by atoms with E-state index >= 15 is 0 Å². The van der Waals surface area contributed by atoms with Crippen LogP contribution in [-0.2, 0) is 10.8 Å². The number of fused-ring (bicyclic) bond motifs is 18. The molecule has 26 aromatic rings. The summed E-state index contributed by atoms with van der Waals surface area (Å²) in [5.41, 5.74) is 40.7. The number of aromatic nitrogens is 2. The second-order valence-corrected chi connectivity index (χ2v) is 37.2. The van der Waals surface area contributed by atoms with Crippen LogP contribution in [0.4, 0.5) is 34.1 Å². The smallest absolute Gasteiger partial charge is 0.137 e. The Morgan fingerprint density at radius 2 is 0.507 bits per heavy atom. The molecule has 0 saturated carbocycles. The van der Waals surface area contributed by atoms with E-state index in [4.69, 9.17) is 8.83 Å². The van der Waals surface area contributed by atoms with E-state index in [1.54, 1.807) is 0 Å². The second-order valence-electron chi connectivity index (χ2n) is 37.2. The van der Waals surface area contributed by atoms with E-state index in [0.29, 0.717) is 0 Å². The van der Waals surface area contributed by atoms with E-state index in [1.165, 1.54) is 111 Å². The van der Waals surface area contributed by atoms with Gasteiger partial charge in [-0.05, 0) is 268 Å². The van der Waals surface area contributed by atoms with Crippen molar-refractivity contribution in [3.63, 3.8) is 0 Å². The van der Waals surface area contributed by atoms with Crippen LogP contribution < -0.4 is 9.80 Å². The van der Waals surface area contributed by atoms with E-state index in [2.05, 4.69) is 541 Å². The fourth-order valence-electron chi connectivity index (χ4n) is 23.6. The molecule has 0 aliphatic heterocycles. The number of furan rings is 2. The first kappa shape index (κ1) is 80.1. The first-order valence-corrected chi connectivity index (χ1v) is 48.2. The summed E-state index contributed by atoms with van der Waals surface area (Å²) >= 11 is 0. The lowest BCUT2D eigenvalue weighted by Crippen LogP contribution is -2.28. The summed E-state index contributed by atoms with van der Waals surface area (Å²) < 4.78 is 19.4. The van der Waals surface area contributed by atoms with Crippen molar-refractivity contribution in [3.05, 3.63) is 566 Å². The van der Waals surface area contributed by atoms with Crippen LogP contribution >= 0.6 is 0 Å². The average molecular weight is 1780 g/mol. The van der Waals surface area contributed by atoms with Gasteiger partial charge in [0.2, 0.25) is 0 Å². The standard InChI is InChI=1S/C134H86N4O2/c1-7-29-87(30-8-1)90-55-67-102(68-56-90)136(107-74-77-113-111-46-22-26-50-124(111)138(127(113)82-107)104-71-59-92(60-72-104)89-33-11-3-12-34-89)125-51-28-52-129-132(125)118-84-115-109-44-20-24-48-120(109)134(99-41-17-6-18-42-99,122(115)86-131(118)140-129)100-63-53-93(54-64-100)95-35-27-36-96(79-95)94-61-65-101(66-62-94)135(106-73-76-112-110-45-21-25-49-123(110)137(126(112)81-106)103-69-57-91(58-70-103)88-31-9-2-10-32-88)105-75-78-128-116(80-105)117-83-114-108-43-19-23-47-119(108)133(97-37-13-4-14-38-97,98-39-15-5-16-40-98)121(114)85-130(117)139-128/h1-86H. The maximum atomic E-state index is 7.38. The molecular weight excluding hydrogens is 1700 g/mol. The van der Waals surface area contributed by atoms with Crippen molar-refractivity contribution >= 4 is 122 Å². The van der Waals surface area contributed by atoms with Gasteiger partial charge < -0.3 is 27.8 Å². The molecule has 2 aliphatic carbocycles. The molecule has 0 radical (unpaired) electrons. The van der Waals surface area contributed by atoms with Gasteiger partial charge in [-0.25, -0.2) is 0 Å². The van der Waals surface area contributed by atoms with E-state index in [1.807, 2.05) is 0 Å². The van der Waals surface area contributed by atoms with Gasteiger partial charge in [0.15, 0.2) is 0 Å². The minimum Gasteiger partial charge on any atom is -0.456 e. The number of benzene rings is 22. The SMILES string of the molecule is c1ccc(-c2ccc(N(c3ccc4c5ccccc5n(-c5ccc(-c6ccccc6)cc5)c4c3)c3cccc4oc5cc6c(cc5c34)-c3ccccc3C6(c3ccccc3)c3ccc(-c4cccc(-c5ccc(N(c6ccc7oc8cc9c(cc8c7c6)-c6ccccc6C9(c6ccccc6)c6ccccc6)c6ccc7c8ccccc8n(-c8ccc(-c9ccccc9)cc8)c7c6)cc5)c4)cc3)cc2)cc1. The minimum atomic E-state index is -0.731. The Labute approximate surface area is 810 Å². The molecule has 654 valence electrons. The number of hydrogen-bond acceptors (Lipinski definition) is 4. The number of rotatable bonds is 17. The molecule has 0 fully saturated rings. The summed E-state index contributed by atoms with van der Waals surface area (Å²) in [6.07, 6.45) is 0. The largest absolute Gasteiger partial charge is 0.456 e. The molecule has 22 aromatic carbocycles. The summed E-state index contributed by atoms with van der Waals surface area (Å²) in [7, 11) is 0. The summed E-state index contributed by atoms with van der Waals surface area (Å²) in [5, 5.41) is 8.94. The zero-order valence-electron chi connectivity index (χ0n) is 76.3. The number of hydrogen-bond donors (Lipinski definition) is 0. The van der Waals surface area contributed by atoms with Crippen LogP contribution in [0.3, 0.4) is 0 Å². The van der Waals surface area contributed by atoms with Crippen molar-refractivity contribution in [2.45, 2.75) is 10.8 Å². The molecule has 28 rings (SSSR count). The summed E-state index contributed by atoms with van der Waals surface area (Å²) in [6.45, 7) is 0. The topological polar surface area (TPSA) is 42.6 Å². The Morgan fingerprint density at radius 1 is 0.171 bits per heavy atom. The van der Waals surface area contributed by atoms with Gasteiger partial charge in [-0.1, -0.05) is 376 Å². The van der Waals surface area contributed by atoms with Crippen LogP contribution in [-0.4, -0.2) is 9.13 Å². The Kier molecular flexibility index (Phi) is 18.4.